The number of aromatic nitrogens is 1. The van der Waals surface area contributed by atoms with Crippen molar-refractivity contribution >= 4 is 44.0 Å². The summed E-state index contributed by atoms with van der Waals surface area (Å²) >= 11 is 1.26. The molecule has 2 amide bonds. The lowest BCUT2D eigenvalue weighted by molar-refractivity contribution is -0.120. The molecule has 1 aromatic carbocycles. The van der Waals surface area contributed by atoms with Crippen molar-refractivity contribution in [2.24, 2.45) is 5.92 Å². The van der Waals surface area contributed by atoms with Crippen LogP contribution >= 0.6 is 11.3 Å². The summed E-state index contributed by atoms with van der Waals surface area (Å²) in [6, 6.07) is 6.84. The van der Waals surface area contributed by atoms with E-state index in [0.717, 1.165) is 6.26 Å². The number of rotatable bonds is 8. The lowest BCUT2D eigenvalue weighted by atomic mass is 10.2. The van der Waals surface area contributed by atoms with Gasteiger partial charge in [-0.1, -0.05) is 32.0 Å². The highest BCUT2D eigenvalue weighted by Crippen LogP contribution is 2.18. The predicted octanol–water partition coefficient (Wildman–Crippen LogP) is 1.97. The van der Waals surface area contributed by atoms with Crippen molar-refractivity contribution < 1.29 is 18.0 Å². The van der Waals surface area contributed by atoms with Gasteiger partial charge in [-0.3, -0.25) is 14.3 Å². The second-order valence-corrected chi connectivity index (χ2v) is 8.88. The molecule has 1 aromatic heterocycles. The van der Waals surface area contributed by atoms with Crippen molar-refractivity contribution in [2.45, 2.75) is 26.8 Å². The third kappa shape index (κ3) is 6.99. The highest BCUT2D eigenvalue weighted by atomic mass is 32.2. The van der Waals surface area contributed by atoms with E-state index in [0.29, 0.717) is 22.1 Å². The second-order valence-electron chi connectivity index (χ2n) is 6.27. The lowest BCUT2D eigenvalue weighted by Crippen LogP contribution is -2.25. The average Bonchev–Trinajstić information content (AvgIpc) is 2.99. The highest BCUT2D eigenvalue weighted by Gasteiger charge is 2.13. The first-order valence-corrected chi connectivity index (χ1v) is 11.0. The van der Waals surface area contributed by atoms with Gasteiger partial charge in [0.05, 0.1) is 24.1 Å². The molecule has 0 atom stereocenters. The zero-order valence-electron chi connectivity index (χ0n) is 15.3. The van der Waals surface area contributed by atoms with E-state index in [-0.39, 0.29) is 30.7 Å². The Morgan fingerprint density at radius 2 is 1.93 bits per heavy atom. The Morgan fingerprint density at radius 1 is 1.22 bits per heavy atom. The summed E-state index contributed by atoms with van der Waals surface area (Å²) in [5.41, 5.74) is 1.63. The molecule has 8 nitrogen and oxygen atoms in total. The Kier molecular flexibility index (Phi) is 6.92. The molecule has 3 N–H and O–H groups in total. The van der Waals surface area contributed by atoms with E-state index in [2.05, 4.69) is 20.3 Å². The minimum absolute atomic E-state index is 0.0652. The molecule has 146 valence electrons. The van der Waals surface area contributed by atoms with Gasteiger partial charge in [-0.15, -0.1) is 11.3 Å². The van der Waals surface area contributed by atoms with Crippen molar-refractivity contribution in [1.29, 1.82) is 0 Å². The van der Waals surface area contributed by atoms with Crippen LogP contribution in [0.2, 0.25) is 0 Å². The number of nitrogens with zero attached hydrogens (tertiary/aromatic N) is 1. The monoisotopic (exact) mass is 410 g/mol. The summed E-state index contributed by atoms with van der Waals surface area (Å²) in [4.78, 5) is 28.0. The van der Waals surface area contributed by atoms with E-state index in [1.54, 1.807) is 43.5 Å². The number of carbonyl (C=O) groups excluding carboxylic acids is 2. The standard InChI is InChI=1S/C17H22N4O4S2/c1-11(2)16(23)20-17-19-13(10-26-17)8-15(22)18-9-12-6-4-5-7-14(12)21-27(3,24)25/h4-7,10-11,21H,8-9H2,1-3H3,(H,18,22)(H,19,20,23). The summed E-state index contributed by atoms with van der Waals surface area (Å²) in [7, 11) is -3.41. The predicted molar refractivity (Wildman–Crippen MR) is 106 cm³/mol. The molecular weight excluding hydrogens is 388 g/mol. The molecule has 0 unspecified atom stereocenters. The van der Waals surface area contributed by atoms with Crippen molar-refractivity contribution in [3.8, 4) is 0 Å². The van der Waals surface area contributed by atoms with Crippen LogP contribution in [0.15, 0.2) is 29.6 Å². The van der Waals surface area contributed by atoms with Crippen molar-refractivity contribution in [3.05, 3.63) is 40.9 Å². The first-order chi connectivity index (χ1) is 12.6. The Morgan fingerprint density at radius 3 is 2.59 bits per heavy atom. The summed E-state index contributed by atoms with van der Waals surface area (Å²) in [5, 5.41) is 7.61. The number of para-hydroxylation sites is 1. The maximum Gasteiger partial charge on any atom is 0.229 e. The molecular formula is C17H22N4O4S2. The number of anilines is 2. The SMILES string of the molecule is CC(C)C(=O)Nc1nc(CC(=O)NCc2ccccc2NS(C)(=O)=O)cs1. The molecule has 2 rings (SSSR count). The van der Waals surface area contributed by atoms with E-state index in [1.165, 1.54) is 11.3 Å². The maximum atomic E-state index is 12.1. The van der Waals surface area contributed by atoms with Gasteiger partial charge in [-0.2, -0.15) is 0 Å². The van der Waals surface area contributed by atoms with E-state index in [4.69, 9.17) is 0 Å². The smallest absolute Gasteiger partial charge is 0.229 e. The first kappa shape index (κ1) is 20.8. The van der Waals surface area contributed by atoms with Crippen LogP contribution in [-0.4, -0.2) is 31.5 Å². The molecule has 2 aromatic rings. The van der Waals surface area contributed by atoms with Crippen LogP contribution in [0, 0.1) is 5.92 Å². The number of carbonyl (C=O) groups is 2. The van der Waals surface area contributed by atoms with Gasteiger partial charge in [0, 0.05) is 17.8 Å². The fourth-order valence-electron chi connectivity index (χ4n) is 2.09. The Bertz CT molecular complexity index is 923. The van der Waals surface area contributed by atoms with E-state index < -0.39 is 10.0 Å². The topological polar surface area (TPSA) is 117 Å². The molecule has 27 heavy (non-hydrogen) atoms. The van der Waals surface area contributed by atoms with Crippen LogP contribution in [0.3, 0.4) is 0 Å². The zero-order chi connectivity index (χ0) is 20.0. The highest BCUT2D eigenvalue weighted by molar-refractivity contribution is 7.92. The van der Waals surface area contributed by atoms with Gasteiger partial charge in [-0.25, -0.2) is 13.4 Å². The van der Waals surface area contributed by atoms with Crippen molar-refractivity contribution in [3.63, 3.8) is 0 Å². The van der Waals surface area contributed by atoms with Gasteiger partial charge in [0.15, 0.2) is 5.13 Å². The number of nitrogens with one attached hydrogen (secondary N) is 3. The third-order valence-electron chi connectivity index (χ3n) is 3.44. The molecule has 0 bridgehead atoms. The average molecular weight is 411 g/mol. The molecule has 1 heterocycles. The molecule has 0 saturated carbocycles. The first-order valence-electron chi connectivity index (χ1n) is 8.21. The summed E-state index contributed by atoms with van der Waals surface area (Å²) in [5.74, 6) is -0.534. The lowest BCUT2D eigenvalue weighted by Gasteiger charge is -2.11. The molecule has 0 fully saturated rings. The quantitative estimate of drug-likeness (QED) is 0.615. The Labute approximate surface area is 162 Å². The molecule has 0 radical (unpaired) electrons. The molecule has 0 saturated heterocycles. The Hall–Kier alpha value is -2.46. The van der Waals surface area contributed by atoms with Crippen LogP contribution in [-0.2, 0) is 32.6 Å². The van der Waals surface area contributed by atoms with Crippen LogP contribution in [0.1, 0.15) is 25.1 Å². The molecule has 0 aliphatic rings. The van der Waals surface area contributed by atoms with Gasteiger partial charge >= 0.3 is 0 Å². The minimum Gasteiger partial charge on any atom is -0.352 e. The molecule has 0 aliphatic heterocycles. The van der Waals surface area contributed by atoms with E-state index in [9.17, 15) is 18.0 Å². The molecule has 0 aliphatic carbocycles. The van der Waals surface area contributed by atoms with Crippen LogP contribution < -0.4 is 15.4 Å². The number of hydrogen-bond donors (Lipinski definition) is 3. The largest absolute Gasteiger partial charge is 0.352 e. The van der Waals surface area contributed by atoms with Gasteiger partial charge < -0.3 is 10.6 Å². The number of thiazole rings is 1. The number of benzene rings is 1. The second kappa shape index (κ2) is 8.96. The zero-order valence-corrected chi connectivity index (χ0v) is 16.9. The summed E-state index contributed by atoms with van der Waals surface area (Å²) in [6.45, 7) is 3.75. The Balaban J connectivity index is 1.92. The maximum absolute atomic E-state index is 12.1. The normalized spacial score (nSPS) is 11.3. The van der Waals surface area contributed by atoms with Crippen molar-refractivity contribution in [1.82, 2.24) is 10.3 Å². The number of amides is 2. The number of hydrogen-bond acceptors (Lipinski definition) is 6. The van der Waals surface area contributed by atoms with Gasteiger partial charge in [0.2, 0.25) is 21.8 Å². The third-order valence-corrected chi connectivity index (χ3v) is 4.83. The minimum atomic E-state index is -3.41. The van der Waals surface area contributed by atoms with E-state index >= 15 is 0 Å². The van der Waals surface area contributed by atoms with Gasteiger partial charge in [0.1, 0.15) is 0 Å². The van der Waals surface area contributed by atoms with Crippen LogP contribution in [0.4, 0.5) is 10.8 Å². The summed E-state index contributed by atoms with van der Waals surface area (Å²) in [6.07, 6.45) is 1.13. The van der Waals surface area contributed by atoms with Gasteiger partial charge in [-0.05, 0) is 11.6 Å². The fraction of sp³-hybridized carbons (Fsp3) is 0.353. The van der Waals surface area contributed by atoms with Crippen LogP contribution in [0.25, 0.3) is 0 Å². The van der Waals surface area contributed by atoms with E-state index in [1.807, 2.05) is 0 Å². The van der Waals surface area contributed by atoms with Crippen molar-refractivity contribution in [2.75, 3.05) is 16.3 Å². The van der Waals surface area contributed by atoms with Crippen LogP contribution in [0.5, 0.6) is 0 Å². The summed E-state index contributed by atoms with van der Waals surface area (Å²) < 4.78 is 25.3. The molecule has 0 spiro atoms. The fourth-order valence-corrected chi connectivity index (χ4v) is 3.40. The number of sulfonamides is 1. The van der Waals surface area contributed by atoms with Gasteiger partial charge in [0.25, 0.3) is 0 Å². The molecule has 10 heteroatoms.